The van der Waals surface area contributed by atoms with Crippen LogP contribution in [0, 0.1) is 13.8 Å². The fraction of sp³-hybridized carbons (Fsp3) is 0.500. The Morgan fingerprint density at radius 3 is 2.29 bits per heavy atom. The molecule has 1 nitrogen and oxygen atoms in total. The third kappa shape index (κ3) is 2.68. The van der Waals surface area contributed by atoms with Gasteiger partial charge in [0.1, 0.15) is 0 Å². The third-order valence-corrected chi connectivity index (χ3v) is 4.08. The molecule has 0 aliphatic carbocycles. The van der Waals surface area contributed by atoms with Crippen LogP contribution < -0.4 is 0 Å². The first-order valence-corrected chi connectivity index (χ1v) is 6.43. The smallest absolute Gasteiger partial charge is 0.0534 e. The largest absolute Gasteiger partial charge is 0.254 e. The van der Waals surface area contributed by atoms with Crippen LogP contribution in [0.1, 0.15) is 30.9 Å². The number of hydrogen-bond donors (Lipinski definition) is 0. The Morgan fingerprint density at radius 1 is 1.21 bits per heavy atom. The lowest BCUT2D eigenvalue weighted by molar-refractivity contribution is 0.678. The molecule has 0 amide bonds. The maximum atomic E-state index is 12.0. The number of aryl methyl sites for hydroxylation is 2. The number of rotatable bonds is 4. The summed E-state index contributed by atoms with van der Waals surface area (Å²) in [6, 6.07) is 6.09. The van der Waals surface area contributed by atoms with Gasteiger partial charge >= 0.3 is 0 Å². The van der Waals surface area contributed by atoms with Gasteiger partial charge in [-0.15, -0.1) is 0 Å². The summed E-state index contributed by atoms with van der Waals surface area (Å²) in [7, 11) is -0.806. The monoisotopic (exact) mass is 210 g/mol. The highest BCUT2D eigenvalue weighted by Crippen LogP contribution is 2.18. The lowest BCUT2D eigenvalue weighted by atomic mass is 10.2. The molecule has 14 heavy (non-hydrogen) atoms. The SMILES string of the molecule is CCCCS(=O)c1c(C)cccc1C. The van der Waals surface area contributed by atoms with Crippen molar-refractivity contribution in [2.75, 3.05) is 5.75 Å². The van der Waals surface area contributed by atoms with Gasteiger partial charge in [0.25, 0.3) is 0 Å². The number of benzene rings is 1. The summed E-state index contributed by atoms with van der Waals surface area (Å²) >= 11 is 0. The topological polar surface area (TPSA) is 17.1 Å². The molecule has 0 aliphatic rings. The summed E-state index contributed by atoms with van der Waals surface area (Å²) in [5, 5.41) is 0. The van der Waals surface area contributed by atoms with Crippen molar-refractivity contribution < 1.29 is 4.21 Å². The van der Waals surface area contributed by atoms with E-state index in [2.05, 4.69) is 6.92 Å². The van der Waals surface area contributed by atoms with E-state index in [4.69, 9.17) is 0 Å². The van der Waals surface area contributed by atoms with E-state index >= 15 is 0 Å². The van der Waals surface area contributed by atoms with Crippen LogP contribution in [0.15, 0.2) is 23.1 Å². The van der Waals surface area contributed by atoms with Crippen LogP contribution in [0.2, 0.25) is 0 Å². The molecule has 0 bridgehead atoms. The second kappa shape index (κ2) is 5.30. The van der Waals surface area contributed by atoms with Crippen molar-refractivity contribution in [1.82, 2.24) is 0 Å². The number of hydrogen-bond acceptors (Lipinski definition) is 1. The van der Waals surface area contributed by atoms with Crippen molar-refractivity contribution in [3.05, 3.63) is 29.3 Å². The minimum absolute atomic E-state index is 0.794. The molecule has 0 saturated heterocycles. The van der Waals surface area contributed by atoms with Gasteiger partial charge in [0.05, 0.1) is 10.8 Å². The summed E-state index contributed by atoms with van der Waals surface area (Å²) in [5.74, 6) is 0.794. The van der Waals surface area contributed by atoms with Gasteiger partial charge in [-0.25, -0.2) is 0 Å². The molecule has 0 fully saturated rings. The van der Waals surface area contributed by atoms with Gasteiger partial charge in [-0.1, -0.05) is 31.5 Å². The summed E-state index contributed by atoms with van der Waals surface area (Å²) in [6.45, 7) is 6.19. The molecule has 1 aromatic rings. The average molecular weight is 210 g/mol. The lowest BCUT2D eigenvalue weighted by Gasteiger charge is -2.08. The predicted molar refractivity (Wildman–Crippen MR) is 62.1 cm³/mol. The van der Waals surface area contributed by atoms with Crippen molar-refractivity contribution in [2.24, 2.45) is 0 Å². The van der Waals surface area contributed by atoms with Crippen LogP contribution in [0.25, 0.3) is 0 Å². The zero-order valence-electron chi connectivity index (χ0n) is 9.17. The maximum absolute atomic E-state index is 12.0. The first-order valence-electron chi connectivity index (χ1n) is 5.11. The maximum Gasteiger partial charge on any atom is 0.0534 e. The van der Waals surface area contributed by atoms with Crippen molar-refractivity contribution in [3.63, 3.8) is 0 Å². The third-order valence-electron chi connectivity index (χ3n) is 2.32. The van der Waals surface area contributed by atoms with E-state index in [-0.39, 0.29) is 0 Å². The van der Waals surface area contributed by atoms with E-state index in [0.29, 0.717) is 0 Å². The molecule has 0 aliphatic heterocycles. The van der Waals surface area contributed by atoms with Crippen LogP contribution in [-0.4, -0.2) is 9.96 Å². The van der Waals surface area contributed by atoms with Crippen LogP contribution in [0.3, 0.4) is 0 Å². The summed E-state index contributed by atoms with van der Waals surface area (Å²) in [6.07, 6.45) is 2.15. The Balaban J connectivity index is 2.89. The molecule has 1 unspecified atom stereocenters. The highest BCUT2D eigenvalue weighted by atomic mass is 32.2. The molecule has 2 heteroatoms. The molecule has 0 N–H and O–H groups in total. The van der Waals surface area contributed by atoms with Crippen molar-refractivity contribution in [2.45, 2.75) is 38.5 Å². The van der Waals surface area contributed by atoms with Gasteiger partial charge in [-0.2, -0.15) is 0 Å². The molecule has 1 atom stereocenters. The van der Waals surface area contributed by atoms with E-state index in [0.717, 1.165) is 34.6 Å². The van der Waals surface area contributed by atoms with Crippen molar-refractivity contribution in [3.8, 4) is 0 Å². The van der Waals surface area contributed by atoms with Crippen LogP contribution in [-0.2, 0) is 10.8 Å². The molecule has 0 saturated carbocycles. The normalized spacial score (nSPS) is 12.8. The van der Waals surface area contributed by atoms with Crippen LogP contribution >= 0.6 is 0 Å². The first-order chi connectivity index (χ1) is 6.66. The molecule has 1 rings (SSSR count). The molecule has 0 aromatic heterocycles. The minimum Gasteiger partial charge on any atom is -0.254 e. The lowest BCUT2D eigenvalue weighted by Crippen LogP contribution is -2.02. The fourth-order valence-electron chi connectivity index (χ4n) is 1.54. The minimum atomic E-state index is -0.806. The standard InChI is InChI=1S/C12H18OS/c1-4-5-9-14(13)12-10(2)7-6-8-11(12)3/h6-8H,4-5,9H2,1-3H3. The molecular formula is C12H18OS. The van der Waals surface area contributed by atoms with E-state index in [1.165, 1.54) is 0 Å². The Hall–Kier alpha value is -0.630. The second-order valence-corrected chi connectivity index (χ2v) is 5.13. The summed E-state index contributed by atoms with van der Waals surface area (Å²) < 4.78 is 12.0. The van der Waals surface area contributed by atoms with Crippen LogP contribution in [0.5, 0.6) is 0 Å². The Kier molecular flexibility index (Phi) is 4.33. The molecule has 1 aromatic carbocycles. The highest BCUT2D eigenvalue weighted by molar-refractivity contribution is 7.85. The van der Waals surface area contributed by atoms with Gasteiger partial charge in [0.2, 0.25) is 0 Å². The molecule has 0 heterocycles. The van der Waals surface area contributed by atoms with Crippen molar-refractivity contribution >= 4 is 10.8 Å². The Labute approximate surface area is 89.0 Å². The molecule has 78 valence electrons. The fourth-order valence-corrected chi connectivity index (χ4v) is 3.15. The highest BCUT2D eigenvalue weighted by Gasteiger charge is 2.08. The zero-order chi connectivity index (χ0) is 10.6. The Morgan fingerprint density at radius 2 is 1.79 bits per heavy atom. The van der Waals surface area contributed by atoms with Crippen molar-refractivity contribution in [1.29, 1.82) is 0 Å². The van der Waals surface area contributed by atoms with Gasteiger partial charge in [-0.05, 0) is 31.4 Å². The zero-order valence-corrected chi connectivity index (χ0v) is 9.99. The Bertz CT molecular complexity index is 311. The van der Waals surface area contributed by atoms with E-state index in [1.54, 1.807) is 0 Å². The average Bonchev–Trinajstić information content (AvgIpc) is 2.14. The van der Waals surface area contributed by atoms with Gasteiger partial charge in [0.15, 0.2) is 0 Å². The predicted octanol–water partition coefficient (Wildman–Crippen LogP) is 3.21. The quantitative estimate of drug-likeness (QED) is 0.746. The number of unbranched alkanes of at least 4 members (excludes halogenated alkanes) is 1. The van der Waals surface area contributed by atoms with Crippen LogP contribution in [0.4, 0.5) is 0 Å². The first kappa shape index (κ1) is 11.4. The van der Waals surface area contributed by atoms with Gasteiger partial charge in [-0.3, -0.25) is 4.21 Å². The summed E-state index contributed by atoms with van der Waals surface area (Å²) in [4.78, 5) is 1.04. The van der Waals surface area contributed by atoms with E-state index < -0.39 is 10.8 Å². The second-order valence-electron chi connectivity index (χ2n) is 3.62. The molecule has 0 spiro atoms. The van der Waals surface area contributed by atoms with Gasteiger partial charge in [0, 0.05) is 10.6 Å². The molecule has 0 radical (unpaired) electrons. The molecular weight excluding hydrogens is 192 g/mol. The van der Waals surface area contributed by atoms with E-state index in [9.17, 15) is 4.21 Å². The summed E-state index contributed by atoms with van der Waals surface area (Å²) in [5.41, 5.74) is 2.30. The van der Waals surface area contributed by atoms with Gasteiger partial charge < -0.3 is 0 Å². The van der Waals surface area contributed by atoms with E-state index in [1.807, 2.05) is 32.0 Å².